The van der Waals surface area contributed by atoms with Crippen LogP contribution >= 0.6 is 0 Å². The molecule has 10 heteroatoms. The number of carbonyl (C=O) groups excluding carboxylic acids is 2. The van der Waals surface area contributed by atoms with E-state index in [2.05, 4.69) is 15.7 Å². The second-order valence-electron chi connectivity index (χ2n) is 5.88. The van der Waals surface area contributed by atoms with Crippen LogP contribution in [0, 0.1) is 0 Å². The van der Waals surface area contributed by atoms with Crippen LogP contribution in [0.1, 0.15) is 20.8 Å². The van der Waals surface area contributed by atoms with Crippen molar-refractivity contribution < 1.29 is 18.0 Å². The van der Waals surface area contributed by atoms with Gasteiger partial charge in [0.05, 0.1) is 4.90 Å². The Morgan fingerprint density at radius 2 is 1.61 bits per heavy atom. The lowest BCUT2D eigenvalue weighted by Crippen LogP contribution is -2.14. The highest BCUT2D eigenvalue weighted by atomic mass is 32.2. The first kappa shape index (κ1) is 19.3. The zero-order valence-corrected chi connectivity index (χ0v) is 15.6. The molecule has 0 aliphatic carbocycles. The summed E-state index contributed by atoms with van der Waals surface area (Å²) in [5.41, 5.74) is 0.934. The second-order valence-corrected chi connectivity index (χ2v) is 7.44. The molecule has 0 aliphatic rings. The number of aromatic nitrogens is 2. The summed E-state index contributed by atoms with van der Waals surface area (Å²) < 4.78 is 23.9. The lowest BCUT2D eigenvalue weighted by atomic mass is 10.2. The highest BCUT2D eigenvalue weighted by Gasteiger charge is 2.16. The first-order chi connectivity index (χ1) is 13.2. The Hall–Kier alpha value is -3.50. The number of hydrogen-bond donors (Lipinski definition) is 3. The van der Waals surface area contributed by atoms with Crippen molar-refractivity contribution in [1.29, 1.82) is 0 Å². The number of amides is 2. The molecule has 0 bridgehead atoms. The van der Waals surface area contributed by atoms with E-state index >= 15 is 0 Å². The van der Waals surface area contributed by atoms with E-state index in [1.54, 1.807) is 37.4 Å². The summed E-state index contributed by atoms with van der Waals surface area (Å²) in [6.07, 6.45) is 0. The summed E-state index contributed by atoms with van der Waals surface area (Å²) in [5, 5.41) is 14.4. The molecule has 0 radical (unpaired) electrons. The zero-order chi connectivity index (χ0) is 20.3. The van der Waals surface area contributed by atoms with E-state index < -0.39 is 15.9 Å². The Bertz CT molecular complexity index is 1120. The van der Waals surface area contributed by atoms with Crippen molar-refractivity contribution in [2.75, 3.05) is 10.6 Å². The van der Waals surface area contributed by atoms with E-state index in [1.165, 1.54) is 35.0 Å². The third-order valence-corrected chi connectivity index (χ3v) is 4.76. The summed E-state index contributed by atoms with van der Waals surface area (Å²) in [4.78, 5) is 24.6. The zero-order valence-electron chi connectivity index (χ0n) is 14.8. The number of anilines is 2. The van der Waals surface area contributed by atoms with Gasteiger partial charge in [-0.3, -0.25) is 14.3 Å². The lowest BCUT2D eigenvalue weighted by molar-refractivity contribution is 0.101. The molecule has 0 aliphatic heterocycles. The molecule has 9 nitrogen and oxygen atoms in total. The van der Waals surface area contributed by atoms with Gasteiger partial charge in [0.25, 0.3) is 11.8 Å². The predicted octanol–water partition coefficient (Wildman–Crippen LogP) is 1.57. The summed E-state index contributed by atoms with van der Waals surface area (Å²) >= 11 is 0. The molecule has 3 rings (SSSR count). The van der Waals surface area contributed by atoms with Gasteiger partial charge in [-0.05, 0) is 36.4 Å². The van der Waals surface area contributed by atoms with Gasteiger partial charge in [-0.15, -0.1) is 0 Å². The van der Waals surface area contributed by atoms with Crippen LogP contribution in [0.4, 0.5) is 11.5 Å². The van der Waals surface area contributed by atoms with Gasteiger partial charge < -0.3 is 10.6 Å². The molecular formula is C18H17N5O4S. The van der Waals surface area contributed by atoms with Gasteiger partial charge in [-0.2, -0.15) is 5.10 Å². The van der Waals surface area contributed by atoms with Crippen LogP contribution in [-0.2, 0) is 17.1 Å². The van der Waals surface area contributed by atoms with Crippen molar-refractivity contribution in [2.24, 2.45) is 12.2 Å². The van der Waals surface area contributed by atoms with Crippen molar-refractivity contribution in [3.05, 3.63) is 71.9 Å². The van der Waals surface area contributed by atoms with Crippen LogP contribution in [0.15, 0.2) is 65.6 Å². The SMILES string of the molecule is Cn1nc(C(=O)Nc2ccc(S(N)(=O)=O)cc2)cc1NC(=O)c1ccccc1. The number of nitrogens with two attached hydrogens (primary N) is 1. The smallest absolute Gasteiger partial charge is 0.276 e. The highest BCUT2D eigenvalue weighted by molar-refractivity contribution is 7.89. The Morgan fingerprint density at radius 1 is 0.964 bits per heavy atom. The second kappa shape index (κ2) is 7.62. The Balaban J connectivity index is 1.71. The topological polar surface area (TPSA) is 136 Å². The van der Waals surface area contributed by atoms with E-state index in [-0.39, 0.29) is 16.5 Å². The molecule has 0 saturated carbocycles. The first-order valence-corrected chi connectivity index (χ1v) is 9.63. The molecule has 0 spiro atoms. The summed E-state index contributed by atoms with van der Waals surface area (Å²) in [6.45, 7) is 0. The molecule has 0 fully saturated rings. The fraction of sp³-hybridized carbons (Fsp3) is 0.0556. The standard InChI is InChI=1S/C18H17N5O4S/c1-23-16(21-17(24)12-5-3-2-4-6-12)11-15(22-23)18(25)20-13-7-9-14(10-8-13)28(19,26)27/h2-11H,1H3,(H,20,25)(H,21,24)(H2,19,26,27). The number of rotatable bonds is 5. The van der Waals surface area contributed by atoms with Gasteiger partial charge in [0.2, 0.25) is 10.0 Å². The molecule has 2 amide bonds. The van der Waals surface area contributed by atoms with E-state index in [9.17, 15) is 18.0 Å². The maximum absolute atomic E-state index is 12.4. The molecule has 2 aromatic carbocycles. The van der Waals surface area contributed by atoms with Gasteiger partial charge in [-0.1, -0.05) is 18.2 Å². The molecule has 0 saturated heterocycles. The summed E-state index contributed by atoms with van der Waals surface area (Å²) in [6, 6.07) is 15.5. The number of benzene rings is 2. The molecule has 4 N–H and O–H groups in total. The highest BCUT2D eigenvalue weighted by Crippen LogP contribution is 2.16. The summed E-state index contributed by atoms with van der Waals surface area (Å²) in [7, 11) is -2.21. The molecule has 1 heterocycles. The number of nitrogens with zero attached hydrogens (tertiary/aromatic N) is 2. The molecule has 3 aromatic rings. The number of hydrogen-bond acceptors (Lipinski definition) is 5. The van der Waals surface area contributed by atoms with Crippen molar-refractivity contribution in [3.8, 4) is 0 Å². The largest absolute Gasteiger partial charge is 0.321 e. The quantitative estimate of drug-likeness (QED) is 0.598. The molecule has 0 unspecified atom stereocenters. The van der Waals surface area contributed by atoms with Crippen molar-refractivity contribution in [3.63, 3.8) is 0 Å². The molecule has 1 aromatic heterocycles. The monoisotopic (exact) mass is 399 g/mol. The lowest BCUT2D eigenvalue weighted by Gasteiger charge is -2.04. The fourth-order valence-corrected chi connectivity index (χ4v) is 2.91. The maximum atomic E-state index is 12.4. The Morgan fingerprint density at radius 3 is 2.21 bits per heavy atom. The summed E-state index contributed by atoms with van der Waals surface area (Å²) in [5.74, 6) is -0.489. The molecule has 28 heavy (non-hydrogen) atoms. The van der Waals surface area contributed by atoms with Crippen molar-refractivity contribution in [1.82, 2.24) is 9.78 Å². The van der Waals surface area contributed by atoms with Crippen LogP contribution in [0.3, 0.4) is 0 Å². The van der Waals surface area contributed by atoms with Crippen LogP contribution in [-0.4, -0.2) is 30.0 Å². The van der Waals surface area contributed by atoms with E-state index in [0.29, 0.717) is 17.1 Å². The number of sulfonamides is 1. The van der Waals surface area contributed by atoms with Crippen LogP contribution < -0.4 is 15.8 Å². The van der Waals surface area contributed by atoms with Gasteiger partial charge in [0.1, 0.15) is 5.82 Å². The van der Waals surface area contributed by atoms with Crippen molar-refractivity contribution >= 4 is 33.3 Å². The van der Waals surface area contributed by atoms with Crippen molar-refractivity contribution in [2.45, 2.75) is 4.90 Å². The molecule has 144 valence electrons. The number of primary sulfonamides is 1. The number of nitrogens with one attached hydrogen (secondary N) is 2. The van der Waals surface area contributed by atoms with Gasteiger partial charge >= 0.3 is 0 Å². The van der Waals surface area contributed by atoms with Crippen LogP contribution in [0.2, 0.25) is 0 Å². The normalized spacial score (nSPS) is 11.1. The maximum Gasteiger partial charge on any atom is 0.276 e. The number of aryl methyl sites for hydroxylation is 1. The van der Waals surface area contributed by atoms with Crippen LogP contribution in [0.5, 0.6) is 0 Å². The third-order valence-electron chi connectivity index (χ3n) is 3.83. The van der Waals surface area contributed by atoms with E-state index in [1.807, 2.05) is 0 Å². The third kappa shape index (κ3) is 4.42. The minimum absolute atomic E-state index is 0.0609. The molecular weight excluding hydrogens is 382 g/mol. The minimum atomic E-state index is -3.81. The van der Waals surface area contributed by atoms with Gasteiger partial charge in [0, 0.05) is 24.4 Å². The fourth-order valence-electron chi connectivity index (χ4n) is 2.40. The van der Waals surface area contributed by atoms with Gasteiger partial charge in [0.15, 0.2) is 5.69 Å². The van der Waals surface area contributed by atoms with Gasteiger partial charge in [-0.25, -0.2) is 13.6 Å². The Labute approximate surface area is 161 Å². The van der Waals surface area contributed by atoms with Crippen LogP contribution in [0.25, 0.3) is 0 Å². The average molecular weight is 399 g/mol. The predicted molar refractivity (Wildman–Crippen MR) is 103 cm³/mol. The Kier molecular flexibility index (Phi) is 5.25. The first-order valence-electron chi connectivity index (χ1n) is 8.09. The minimum Gasteiger partial charge on any atom is -0.321 e. The van der Waals surface area contributed by atoms with E-state index in [0.717, 1.165) is 0 Å². The molecule has 0 atom stereocenters. The average Bonchev–Trinajstić information content (AvgIpc) is 3.03. The number of carbonyl (C=O) groups is 2. The van der Waals surface area contributed by atoms with E-state index in [4.69, 9.17) is 5.14 Å².